The predicted molar refractivity (Wildman–Crippen MR) is 75.9 cm³/mol. The van der Waals surface area contributed by atoms with Crippen molar-refractivity contribution in [1.82, 2.24) is 0 Å². The molecule has 0 N–H and O–H groups in total. The van der Waals surface area contributed by atoms with Crippen LogP contribution in [0.25, 0.3) is 0 Å². The summed E-state index contributed by atoms with van der Waals surface area (Å²) in [7, 11) is 0. The molecule has 0 amide bonds. The summed E-state index contributed by atoms with van der Waals surface area (Å²) in [6, 6.07) is 0. The highest BCUT2D eigenvalue weighted by Gasteiger charge is 2.14. The average molecular weight is 228 g/mol. The van der Waals surface area contributed by atoms with Crippen LogP contribution in [0, 0.1) is 11.8 Å². The molecule has 0 bridgehead atoms. The molecule has 0 nitrogen and oxygen atoms in total. The molecule has 2 aliphatic carbocycles. The molecule has 0 aliphatic heterocycles. The minimum Gasteiger partial charge on any atom is -0.0770 e. The van der Waals surface area contributed by atoms with Gasteiger partial charge in [-0.05, 0) is 42.2 Å². The van der Waals surface area contributed by atoms with E-state index >= 15 is 0 Å². The van der Waals surface area contributed by atoms with Crippen molar-refractivity contribution < 1.29 is 0 Å². The lowest BCUT2D eigenvalue weighted by Crippen LogP contribution is -1.88. The van der Waals surface area contributed by atoms with Gasteiger partial charge < -0.3 is 0 Å². The Morgan fingerprint density at radius 3 is 1.53 bits per heavy atom. The molecule has 0 heterocycles. The van der Waals surface area contributed by atoms with Gasteiger partial charge >= 0.3 is 0 Å². The Morgan fingerprint density at radius 2 is 1.24 bits per heavy atom. The first-order chi connectivity index (χ1) is 8.06. The Morgan fingerprint density at radius 1 is 0.824 bits per heavy atom. The van der Waals surface area contributed by atoms with Crippen molar-refractivity contribution in [3.8, 4) is 0 Å². The van der Waals surface area contributed by atoms with Crippen LogP contribution in [0.5, 0.6) is 0 Å². The molecule has 0 aromatic carbocycles. The SMILES string of the molecule is CC(C)C1=CCC(CC2=CC(C(C)C)=CC2)=C1. The molecule has 2 aliphatic rings. The molecule has 0 saturated carbocycles. The summed E-state index contributed by atoms with van der Waals surface area (Å²) in [6.45, 7) is 9.11. The maximum Gasteiger partial charge on any atom is -0.00958 e. The molecule has 0 heteroatoms. The van der Waals surface area contributed by atoms with E-state index in [1.54, 1.807) is 11.1 Å². The molecule has 0 fully saturated rings. The van der Waals surface area contributed by atoms with E-state index in [9.17, 15) is 0 Å². The summed E-state index contributed by atoms with van der Waals surface area (Å²) in [6.07, 6.45) is 13.1. The zero-order valence-corrected chi connectivity index (χ0v) is 11.6. The van der Waals surface area contributed by atoms with E-state index < -0.39 is 0 Å². The van der Waals surface area contributed by atoms with Gasteiger partial charge in [0.15, 0.2) is 0 Å². The maximum absolute atomic E-state index is 2.42. The number of hydrogen-bond donors (Lipinski definition) is 0. The maximum atomic E-state index is 2.42. The van der Waals surface area contributed by atoms with Crippen LogP contribution in [0.1, 0.15) is 47.0 Å². The third-order valence-corrected chi connectivity index (χ3v) is 3.73. The minimum atomic E-state index is 0.675. The highest BCUT2D eigenvalue weighted by molar-refractivity contribution is 5.40. The standard InChI is InChI=1S/C17H24/c1-12(2)16-7-5-14(10-16)9-15-6-8-17(11-15)13(3)4/h7-8,10-13H,5-6,9H2,1-4H3. The second kappa shape index (κ2) is 5.08. The Labute approximate surface area is 106 Å². The molecule has 92 valence electrons. The first-order valence-corrected chi connectivity index (χ1v) is 6.85. The van der Waals surface area contributed by atoms with Crippen molar-refractivity contribution in [3.05, 3.63) is 46.6 Å². The van der Waals surface area contributed by atoms with Crippen LogP contribution in [0.4, 0.5) is 0 Å². The van der Waals surface area contributed by atoms with Gasteiger partial charge in [-0.3, -0.25) is 0 Å². The van der Waals surface area contributed by atoms with Gasteiger partial charge in [0.25, 0.3) is 0 Å². The smallest absolute Gasteiger partial charge is 0.00958 e. The second-order valence-electron chi connectivity index (χ2n) is 5.91. The van der Waals surface area contributed by atoms with Gasteiger partial charge in [-0.15, -0.1) is 0 Å². The topological polar surface area (TPSA) is 0 Å². The molecule has 17 heavy (non-hydrogen) atoms. The van der Waals surface area contributed by atoms with Crippen molar-refractivity contribution >= 4 is 0 Å². The lowest BCUT2D eigenvalue weighted by molar-refractivity contribution is 0.792. The zero-order chi connectivity index (χ0) is 12.4. The van der Waals surface area contributed by atoms with Gasteiger partial charge in [-0.25, -0.2) is 0 Å². The summed E-state index contributed by atoms with van der Waals surface area (Å²) < 4.78 is 0. The summed E-state index contributed by atoms with van der Waals surface area (Å²) in [4.78, 5) is 0. The van der Waals surface area contributed by atoms with E-state index in [1.807, 2.05) is 0 Å². The Kier molecular flexibility index (Phi) is 3.71. The molecule has 0 radical (unpaired) electrons. The van der Waals surface area contributed by atoms with Crippen molar-refractivity contribution in [2.75, 3.05) is 0 Å². The fourth-order valence-corrected chi connectivity index (χ4v) is 2.55. The fraction of sp³-hybridized carbons (Fsp3) is 0.529. The van der Waals surface area contributed by atoms with Crippen molar-refractivity contribution in [2.45, 2.75) is 47.0 Å². The quantitative estimate of drug-likeness (QED) is 0.620. The zero-order valence-electron chi connectivity index (χ0n) is 11.6. The number of allylic oxidation sites excluding steroid dienone is 8. The van der Waals surface area contributed by atoms with E-state index in [0.29, 0.717) is 11.8 Å². The third-order valence-electron chi connectivity index (χ3n) is 3.73. The predicted octanol–water partition coefficient (Wildman–Crippen LogP) is 5.20. The Hall–Kier alpha value is -1.04. The van der Waals surface area contributed by atoms with Crippen LogP contribution in [0.3, 0.4) is 0 Å². The fourth-order valence-electron chi connectivity index (χ4n) is 2.55. The van der Waals surface area contributed by atoms with Gasteiger partial charge in [0, 0.05) is 0 Å². The first-order valence-electron chi connectivity index (χ1n) is 6.85. The van der Waals surface area contributed by atoms with Crippen LogP contribution in [-0.2, 0) is 0 Å². The summed E-state index contributed by atoms with van der Waals surface area (Å²) in [5.74, 6) is 1.35. The van der Waals surface area contributed by atoms with Crippen molar-refractivity contribution in [1.29, 1.82) is 0 Å². The largest absolute Gasteiger partial charge is 0.0770 e. The molecule has 2 rings (SSSR count). The van der Waals surface area contributed by atoms with Crippen LogP contribution in [-0.4, -0.2) is 0 Å². The third kappa shape index (κ3) is 3.00. The van der Waals surface area contributed by atoms with E-state index in [4.69, 9.17) is 0 Å². The monoisotopic (exact) mass is 228 g/mol. The molecular formula is C17H24. The van der Waals surface area contributed by atoms with E-state index in [2.05, 4.69) is 52.0 Å². The Bertz CT molecular complexity index is 371. The van der Waals surface area contributed by atoms with Gasteiger partial charge in [-0.2, -0.15) is 0 Å². The Balaban J connectivity index is 1.94. The van der Waals surface area contributed by atoms with E-state index in [0.717, 1.165) is 0 Å². The average Bonchev–Trinajstić information content (AvgIpc) is 2.87. The van der Waals surface area contributed by atoms with Crippen LogP contribution >= 0.6 is 0 Å². The summed E-state index contributed by atoms with van der Waals surface area (Å²) >= 11 is 0. The van der Waals surface area contributed by atoms with Gasteiger partial charge in [0.1, 0.15) is 0 Å². The molecule has 0 aromatic heterocycles. The molecule has 0 unspecified atom stereocenters. The van der Waals surface area contributed by atoms with Gasteiger partial charge in [0.2, 0.25) is 0 Å². The molecular weight excluding hydrogens is 204 g/mol. The molecule has 0 spiro atoms. The summed E-state index contributed by atoms with van der Waals surface area (Å²) in [5, 5.41) is 0. The lowest BCUT2D eigenvalue weighted by Gasteiger charge is -2.04. The van der Waals surface area contributed by atoms with Crippen LogP contribution in [0.2, 0.25) is 0 Å². The van der Waals surface area contributed by atoms with Crippen molar-refractivity contribution in [3.63, 3.8) is 0 Å². The highest BCUT2D eigenvalue weighted by Crippen LogP contribution is 2.32. The van der Waals surface area contributed by atoms with Gasteiger partial charge in [0.05, 0.1) is 0 Å². The molecule has 0 aromatic rings. The molecule has 0 atom stereocenters. The normalized spacial score (nSPS) is 19.6. The first kappa shape index (κ1) is 12.4. The minimum absolute atomic E-state index is 0.675. The van der Waals surface area contributed by atoms with Crippen LogP contribution < -0.4 is 0 Å². The second-order valence-corrected chi connectivity index (χ2v) is 5.91. The van der Waals surface area contributed by atoms with Crippen molar-refractivity contribution in [2.24, 2.45) is 11.8 Å². The molecule has 0 saturated heterocycles. The van der Waals surface area contributed by atoms with Crippen LogP contribution in [0.15, 0.2) is 46.6 Å². The number of rotatable bonds is 4. The van der Waals surface area contributed by atoms with Gasteiger partial charge in [-0.1, -0.05) is 63.1 Å². The summed E-state index contributed by atoms with van der Waals surface area (Å²) in [5.41, 5.74) is 6.24. The lowest BCUT2D eigenvalue weighted by atomic mass is 10.0. The number of hydrogen-bond acceptors (Lipinski definition) is 0. The van der Waals surface area contributed by atoms with E-state index in [1.165, 1.54) is 30.4 Å². The highest BCUT2D eigenvalue weighted by atomic mass is 14.2. The van der Waals surface area contributed by atoms with E-state index in [-0.39, 0.29) is 0 Å².